The third kappa shape index (κ3) is 12.1. The van der Waals surface area contributed by atoms with Crippen LogP contribution in [-0.4, -0.2) is 0 Å². The van der Waals surface area contributed by atoms with E-state index in [1.54, 1.807) is 0 Å². The van der Waals surface area contributed by atoms with Crippen LogP contribution in [-0.2, 0) is 12.8 Å². The molecule has 0 bridgehead atoms. The van der Waals surface area contributed by atoms with E-state index in [9.17, 15) is 0 Å². The Morgan fingerprint density at radius 3 is 0.962 bits per heavy atom. The van der Waals surface area contributed by atoms with Crippen molar-refractivity contribution in [1.29, 1.82) is 0 Å². The highest BCUT2D eigenvalue weighted by atomic mass is 14.0. The molecule has 0 amide bonds. The van der Waals surface area contributed by atoms with E-state index >= 15 is 0 Å². The average molecular weight is 349 g/mol. The Hall–Kier alpha value is -2.34. The van der Waals surface area contributed by atoms with Gasteiger partial charge in [0, 0.05) is 0 Å². The number of hydrogen-bond acceptors (Lipinski definition) is 0. The lowest BCUT2D eigenvalue weighted by atomic mass is 10.1. The minimum atomic E-state index is 1.03. The van der Waals surface area contributed by atoms with Crippen LogP contribution in [0.2, 0.25) is 0 Å². The van der Waals surface area contributed by atoms with Crippen molar-refractivity contribution in [2.45, 2.75) is 53.9 Å². The summed E-state index contributed by atoms with van der Waals surface area (Å²) in [7, 11) is 0. The molecule has 0 nitrogen and oxygen atoms in total. The fourth-order valence-electron chi connectivity index (χ4n) is 2.14. The van der Waals surface area contributed by atoms with Crippen molar-refractivity contribution in [1.82, 2.24) is 0 Å². The number of benzene rings is 3. The molecule has 0 aromatic heterocycles. The summed E-state index contributed by atoms with van der Waals surface area (Å²) in [5.41, 5.74) is 4.15. The van der Waals surface area contributed by atoms with Crippen LogP contribution in [0, 0.1) is 0 Å². The lowest BCUT2D eigenvalue weighted by molar-refractivity contribution is 1.09. The Labute approximate surface area is 161 Å². The van der Waals surface area contributed by atoms with Crippen LogP contribution in [0.25, 0.3) is 0 Å². The molecule has 0 radical (unpaired) electrons. The van der Waals surface area contributed by atoms with Crippen LogP contribution in [0.3, 0.4) is 0 Å². The Balaban J connectivity index is 0.000000412. The van der Waals surface area contributed by atoms with Crippen LogP contribution >= 0.6 is 0 Å². The van der Waals surface area contributed by atoms with Gasteiger partial charge in [0.2, 0.25) is 0 Å². The molecule has 0 aliphatic carbocycles. The van der Waals surface area contributed by atoms with Crippen molar-refractivity contribution >= 4 is 0 Å². The van der Waals surface area contributed by atoms with E-state index in [-0.39, 0.29) is 0 Å². The summed E-state index contributed by atoms with van der Waals surface area (Å²) in [5, 5.41) is 0. The first kappa shape index (κ1) is 23.7. The van der Waals surface area contributed by atoms with Crippen molar-refractivity contribution in [3.8, 4) is 0 Å². The van der Waals surface area contributed by atoms with Crippen molar-refractivity contribution in [2.75, 3.05) is 0 Å². The third-order valence-corrected chi connectivity index (χ3v) is 3.34. The second-order valence-corrected chi connectivity index (χ2v) is 5.69. The molecule has 0 fully saturated rings. The van der Waals surface area contributed by atoms with Gasteiger partial charge in [-0.05, 0) is 29.5 Å². The maximum Gasteiger partial charge on any atom is -0.00258 e. The monoisotopic (exact) mass is 348 g/mol. The van der Waals surface area contributed by atoms with E-state index in [2.05, 4.69) is 106 Å². The van der Waals surface area contributed by atoms with Gasteiger partial charge in [-0.15, -0.1) is 0 Å². The van der Waals surface area contributed by atoms with Crippen LogP contribution in [0.4, 0.5) is 0 Å². The lowest BCUT2D eigenvalue weighted by Crippen LogP contribution is -1.85. The molecule has 3 aromatic carbocycles. The summed E-state index contributed by atoms with van der Waals surface area (Å²) in [6.07, 6.45) is 3.42. The summed E-state index contributed by atoms with van der Waals surface area (Å²) in [6.45, 7) is 10.4. The van der Waals surface area contributed by atoms with Crippen LogP contribution < -0.4 is 0 Å². The highest BCUT2D eigenvalue weighted by Gasteiger charge is 1.92. The zero-order chi connectivity index (χ0) is 19.5. The van der Waals surface area contributed by atoms with Gasteiger partial charge in [-0.3, -0.25) is 0 Å². The Bertz CT molecular complexity index is 574. The standard InChI is InChI=1S/C13H12.C8H10.C3H8.C2H6/c1-3-7-12(8-4-1)11-13-9-5-2-6-10-13;1-2-8-6-4-3-5-7-8;1-3-2;1-2/h1-10H,11H2;3-7H,2H2,1H3;3H2,1-2H3;1-2H3. The quantitative estimate of drug-likeness (QED) is 0.450. The fraction of sp³-hybridized carbons (Fsp3) is 0.308. The molecule has 0 spiro atoms. The predicted octanol–water partition coefficient (Wildman–Crippen LogP) is 7.97. The molecule has 0 saturated carbocycles. The zero-order valence-corrected chi connectivity index (χ0v) is 17.3. The molecule has 0 N–H and O–H groups in total. The van der Waals surface area contributed by atoms with Gasteiger partial charge in [-0.2, -0.15) is 0 Å². The van der Waals surface area contributed by atoms with E-state index in [4.69, 9.17) is 0 Å². The van der Waals surface area contributed by atoms with Gasteiger partial charge in [0.15, 0.2) is 0 Å². The number of hydrogen-bond donors (Lipinski definition) is 0. The normalized spacial score (nSPS) is 8.65. The highest BCUT2D eigenvalue weighted by molar-refractivity contribution is 5.25. The van der Waals surface area contributed by atoms with Crippen molar-refractivity contribution in [3.05, 3.63) is 108 Å². The predicted molar refractivity (Wildman–Crippen MR) is 119 cm³/mol. The van der Waals surface area contributed by atoms with Gasteiger partial charge < -0.3 is 0 Å². The number of rotatable bonds is 3. The fourth-order valence-corrected chi connectivity index (χ4v) is 2.14. The largest absolute Gasteiger partial charge is 0.0683 e. The number of aryl methyl sites for hydroxylation is 1. The molecule has 3 aromatic rings. The smallest absolute Gasteiger partial charge is 0.00258 e. The van der Waals surface area contributed by atoms with Crippen LogP contribution in [0.15, 0.2) is 91.0 Å². The van der Waals surface area contributed by atoms with E-state index in [0.29, 0.717) is 0 Å². The SMILES string of the molecule is CC.CCC.CCc1ccccc1.c1ccc(Cc2ccccc2)cc1. The second-order valence-electron chi connectivity index (χ2n) is 5.69. The average Bonchev–Trinajstić information content (AvgIpc) is 2.73. The minimum absolute atomic E-state index is 1.03. The summed E-state index contributed by atoms with van der Waals surface area (Å²) in [4.78, 5) is 0. The molecule has 0 heteroatoms. The summed E-state index contributed by atoms with van der Waals surface area (Å²) < 4.78 is 0. The van der Waals surface area contributed by atoms with E-state index in [0.717, 1.165) is 12.8 Å². The summed E-state index contributed by atoms with van der Waals surface area (Å²) in [6, 6.07) is 31.5. The van der Waals surface area contributed by atoms with Gasteiger partial charge in [0.05, 0.1) is 0 Å². The second kappa shape index (κ2) is 17.5. The van der Waals surface area contributed by atoms with Gasteiger partial charge in [-0.25, -0.2) is 0 Å². The maximum absolute atomic E-state index is 2.16. The molecule has 0 heterocycles. The van der Waals surface area contributed by atoms with Crippen molar-refractivity contribution < 1.29 is 0 Å². The molecule has 26 heavy (non-hydrogen) atoms. The van der Waals surface area contributed by atoms with Crippen LogP contribution in [0.1, 0.15) is 57.7 Å². The van der Waals surface area contributed by atoms with Gasteiger partial charge in [0.1, 0.15) is 0 Å². The van der Waals surface area contributed by atoms with Crippen molar-refractivity contribution in [2.24, 2.45) is 0 Å². The molecule has 0 saturated heterocycles. The molecular weight excluding hydrogens is 312 g/mol. The molecule has 3 rings (SSSR count). The molecule has 0 unspecified atom stereocenters. The molecule has 0 atom stereocenters. The minimum Gasteiger partial charge on any atom is -0.0683 e. The summed E-state index contributed by atoms with van der Waals surface area (Å²) in [5.74, 6) is 0. The van der Waals surface area contributed by atoms with Gasteiger partial charge in [0.25, 0.3) is 0 Å². The molecule has 140 valence electrons. The Morgan fingerprint density at radius 2 is 0.731 bits per heavy atom. The first-order valence-electron chi connectivity index (χ1n) is 9.91. The Kier molecular flexibility index (Phi) is 15.9. The third-order valence-electron chi connectivity index (χ3n) is 3.34. The van der Waals surface area contributed by atoms with E-state index < -0.39 is 0 Å². The zero-order valence-electron chi connectivity index (χ0n) is 17.3. The first-order valence-corrected chi connectivity index (χ1v) is 9.91. The molecule has 0 aliphatic heterocycles. The van der Waals surface area contributed by atoms with Crippen molar-refractivity contribution in [3.63, 3.8) is 0 Å². The lowest BCUT2D eigenvalue weighted by Gasteiger charge is -2.00. The summed E-state index contributed by atoms with van der Waals surface area (Å²) >= 11 is 0. The highest BCUT2D eigenvalue weighted by Crippen LogP contribution is 2.07. The van der Waals surface area contributed by atoms with E-state index in [1.165, 1.54) is 23.1 Å². The van der Waals surface area contributed by atoms with E-state index in [1.807, 2.05) is 19.9 Å². The van der Waals surface area contributed by atoms with Crippen LogP contribution in [0.5, 0.6) is 0 Å². The first-order chi connectivity index (χ1) is 12.8. The topological polar surface area (TPSA) is 0 Å². The van der Waals surface area contributed by atoms with Gasteiger partial charge >= 0.3 is 0 Å². The molecular formula is C26H36. The molecule has 0 aliphatic rings. The Morgan fingerprint density at radius 1 is 0.462 bits per heavy atom. The maximum atomic E-state index is 2.16. The van der Waals surface area contributed by atoms with Gasteiger partial charge in [-0.1, -0.05) is 132 Å².